The molecule has 0 atom stereocenters. The SMILES string of the molecule is CCOc1ccc(C(=O)N(CCOC)Cc2cc3cccc(C)c3[nH]c2=O)cc1. The van der Waals surface area contributed by atoms with Gasteiger partial charge in [-0.3, -0.25) is 9.59 Å². The molecule has 0 bridgehead atoms. The monoisotopic (exact) mass is 394 g/mol. The van der Waals surface area contributed by atoms with Gasteiger partial charge in [-0.05, 0) is 55.1 Å². The van der Waals surface area contributed by atoms with Crippen molar-refractivity contribution in [3.63, 3.8) is 0 Å². The molecule has 3 rings (SSSR count). The van der Waals surface area contributed by atoms with Gasteiger partial charge in [0.05, 0.1) is 25.3 Å². The van der Waals surface area contributed by atoms with E-state index >= 15 is 0 Å². The van der Waals surface area contributed by atoms with E-state index in [1.807, 2.05) is 38.1 Å². The zero-order valence-corrected chi connectivity index (χ0v) is 17.0. The molecule has 0 unspecified atom stereocenters. The summed E-state index contributed by atoms with van der Waals surface area (Å²) in [6.45, 7) is 5.40. The Morgan fingerprint density at radius 2 is 1.90 bits per heavy atom. The molecule has 6 heteroatoms. The number of carbonyl (C=O) groups is 1. The van der Waals surface area contributed by atoms with Crippen LogP contribution in [0.4, 0.5) is 0 Å². The average Bonchev–Trinajstić information content (AvgIpc) is 2.72. The van der Waals surface area contributed by atoms with Crippen LogP contribution in [0.25, 0.3) is 10.9 Å². The second kappa shape index (κ2) is 9.39. The van der Waals surface area contributed by atoms with E-state index in [-0.39, 0.29) is 18.0 Å². The van der Waals surface area contributed by atoms with Crippen LogP contribution < -0.4 is 10.3 Å². The lowest BCUT2D eigenvalue weighted by Gasteiger charge is -2.22. The summed E-state index contributed by atoms with van der Waals surface area (Å²) in [5, 5.41) is 0.944. The molecule has 0 fully saturated rings. The number of pyridine rings is 1. The largest absolute Gasteiger partial charge is 0.494 e. The summed E-state index contributed by atoms with van der Waals surface area (Å²) in [5.74, 6) is 0.558. The van der Waals surface area contributed by atoms with Gasteiger partial charge in [-0.1, -0.05) is 18.2 Å². The molecule has 1 amide bonds. The molecule has 0 aliphatic rings. The zero-order chi connectivity index (χ0) is 20.8. The van der Waals surface area contributed by atoms with Gasteiger partial charge in [-0.15, -0.1) is 0 Å². The van der Waals surface area contributed by atoms with E-state index < -0.39 is 0 Å². The molecule has 0 spiro atoms. The van der Waals surface area contributed by atoms with E-state index in [1.165, 1.54) is 0 Å². The number of carbonyl (C=O) groups excluding carboxylic acids is 1. The molecule has 152 valence electrons. The lowest BCUT2D eigenvalue weighted by Crippen LogP contribution is -2.35. The van der Waals surface area contributed by atoms with Crippen molar-refractivity contribution < 1.29 is 14.3 Å². The van der Waals surface area contributed by atoms with Gasteiger partial charge in [-0.2, -0.15) is 0 Å². The summed E-state index contributed by atoms with van der Waals surface area (Å²) in [6.07, 6.45) is 0. The summed E-state index contributed by atoms with van der Waals surface area (Å²) < 4.78 is 10.6. The third-order valence-corrected chi connectivity index (χ3v) is 4.79. The van der Waals surface area contributed by atoms with Crippen molar-refractivity contribution in [3.8, 4) is 5.75 Å². The van der Waals surface area contributed by atoms with Crippen molar-refractivity contribution in [2.75, 3.05) is 26.9 Å². The molecule has 1 aromatic heterocycles. The smallest absolute Gasteiger partial charge is 0.254 e. The van der Waals surface area contributed by atoms with Crippen LogP contribution >= 0.6 is 0 Å². The van der Waals surface area contributed by atoms with Crippen LogP contribution in [0.3, 0.4) is 0 Å². The van der Waals surface area contributed by atoms with Gasteiger partial charge in [0.2, 0.25) is 0 Å². The molecule has 3 aromatic rings. The number of amides is 1. The maximum atomic E-state index is 13.1. The molecule has 0 aliphatic carbocycles. The van der Waals surface area contributed by atoms with Crippen LogP contribution in [0.5, 0.6) is 5.75 Å². The van der Waals surface area contributed by atoms with Crippen molar-refractivity contribution in [1.82, 2.24) is 9.88 Å². The minimum absolute atomic E-state index is 0.158. The van der Waals surface area contributed by atoms with E-state index in [1.54, 1.807) is 36.3 Å². The Balaban J connectivity index is 1.89. The molecule has 0 saturated carbocycles. The number of para-hydroxylation sites is 1. The number of aromatic amines is 1. The van der Waals surface area contributed by atoms with Crippen molar-refractivity contribution in [2.45, 2.75) is 20.4 Å². The molecule has 0 radical (unpaired) electrons. The molecule has 29 heavy (non-hydrogen) atoms. The van der Waals surface area contributed by atoms with E-state index in [0.717, 1.165) is 16.5 Å². The van der Waals surface area contributed by atoms with Crippen molar-refractivity contribution in [1.29, 1.82) is 0 Å². The molecule has 2 aromatic carbocycles. The van der Waals surface area contributed by atoms with Crippen LogP contribution in [0.1, 0.15) is 28.4 Å². The van der Waals surface area contributed by atoms with Crippen LogP contribution in [-0.2, 0) is 11.3 Å². The number of nitrogens with one attached hydrogen (secondary N) is 1. The second-order valence-corrected chi connectivity index (χ2v) is 6.84. The molecular weight excluding hydrogens is 368 g/mol. The van der Waals surface area contributed by atoms with Crippen molar-refractivity contribution >= 4 is 16.8 Å². The third-order valence-electron chi connectivity index (χ3n) is 4.79. The predicted molar refractivity (Wildman–Crippen MR) is 114 cm³/mol. The summed E-state index contributed by atoms with van der Waals surface area (Å²) in [4.78, 5) is 30.3. The lowest BCUT2D eigenvalue weighted by atomic mass is 10.1. The van der Waals surface area contributed by atoms with Crippen molar-refractivity contribution in [2.24, 2.45) is 0 Å². The molecule has 6 nitrogen and oxygen atoms in total. The number of hydrogen-bond donors (Lipinski definition) is 1. The highest BCUT2D eigenvalue weighted by atomic mass is 16.5. The van der Waals surface area contributed by atoms with Gasteiger partial charge >= 0.3 is 0 Å². The van der Waals surface area contributed by atoms with Crippen LogP contribution in [0, 0.1) is 6.92 Å². The molecule has 0 aliphatic heterocycles. The molecule has 1 N–H and O–H groups in total. The van der Waals surface area contributed by atoms with E-state index in [4.69, 9.17) is 9.47 Å². The third kappa shape index (κ3) is 4.84. The van der Waals surface area contributed by atoms with Crippen molar-refractivity contribution in [3.05, 3.63) is 75.6 Å². The Bertz CT molecular complexity index is 1040. The summed E-state index contributed by atoms with van der Waals surface area (Å²) >= 11 is 0. The molecular formula is C23H26N2O4. The number of benzene rings is 2. The van der Waals surface area contributed by atoms with Gasteiger partial charge in [0.15, 0.2) is 0 Å². The number of aromatic nitrogens is 1. The van der Waals surface area contributed by atoms with E-state index in [9.17, 15) is 9.59 Å². The number of hydrogen-bond acceptors (Lipinski definition) is 4. The summed E-state index contributed by atoms with van der Waals surface area (Å²) in [6, 6.07) is 14.7. The number of nitrogens with zero attached hydrogens (tertiary/aromatic N) is 1. The number of rotatable bonds is 8. The maximum absolute atomic E-state index is 13.1. The van der Waals surface area contributed by atoms with Gasteiger partial charge in [0, 0.05) is 24.8 Å². The first-order chi connectivity index (χ1) is 14.0. The van der Waals surface area contributed by atoms with Gasteiger partial charge in [0.25, 0.3) is 11.5 Å². The minimum atomic E-state index is -0.186. The highest BCUT2D eigenvalue weighted by Gasteiger charge is 2.18. The van der Waals surface area contributed by atoms with Gasteiger partial charge < -0.3 is 19.4 Å². The Hall–Kier alpha value is -3.12. The highest BCUT2D eigenvalue weighted by molar-refractivity contribution is 5.94. The van der Waals surface area contributed by atoms with E-state index in [0.29, 0.717) is 36.6 Å². The first-order valence-electron chi connectivity index (χ1n) is 9.66. The Labute approximate surface area is 170 Å². The standard InChI is InChI=1S/C23H26N2O4/c1-4-29-20-10-8-17(9-11-20)23(27)25(12-13-28-3)15-19-14-18-7-5-6-16(2)21(18)24-22(19)26/h5-11,14H,4,12-13,15H2,1-3H3,(H,24,26). The maximum Gasteiger partial charge on any atom is 0.254 e. The van der Waals surface area contributed by atoms with Crippen LogP contribution in [0.2, 0.25) is 0 Å². The lowest BCUT2D eigenvalue weighted by molar-refractivity contribution is 0.0679. The predicted octanol–water partition coefficient (Wildman–Crippen LogP) is 3.52. The zero-order valence-electron chi connectivity index (χ0n) is 17.0. The quantitative estimate of drug-likeness (QED) is 0.635. The average molecular weight is 394 g/mol. The number of H-pyrrole nitrogens is 1. The van der Waals surface area contributed by atoms with Crippen LogP contribution in [0.15, 0.2) is 53.3 Å². The van der Waals surface area contributed by atoms with Gasteiger partial charge in [0.1, 0.15) is 5.75 Å². The normalized spacial score (nSPS) is 10.9. The Kier molecular flexibility index (Phi) is 6.67. The number of ether oxygens (including phenoxy) is 2. The van der Waals surface area contributed by atoms with E-state index in [2.05, 4.69) is 4.98 Å². The van der Waals surface area contributed by atoms with Crippen LogP contribution in [-0.4, -0.2) is 42.7 Å². The molecule has 1 heterocycles. The first-order valence-corrected chi connectivity index (χ1v) is 9.66. The fraction of sp³-hybridized carbons (Fsp3) is 0.304. The number of aryl methyl sites for hydroxylation is 1. The first kappa shape index (κ1) is 20.6. The van der Waals surface area contributed by atoms with Gasteiger partial charge in [-0.25, -0.2) is 0 Å². The minimum Gasteiger partial charge on any atom is -0.494 e. The summed E-state index contributed by atoms with van der Waals surface area (Å²) in [7, 11) is 1.59. The fourth-order valence-electron chi connectivity index (χ4n) is 3.25. The summed E-state index contributed by atoms with van der Waals surface area (Å²) in [5.41, 5.74) is 2.72. The fourth-order valence-corrected chi connectivity index (χ4v) is 3.25. The molecule has 0 saturated heterocycles. The topological polar surface area (TPSA) is 71.6 Å². The highest BCUT2D eigenvalue weighted by Crippen LogP contribution is 2.18. The Morgan fingerprint density at radius 1 is 1.14 bits per heavy atom. The number of methoxy groups -OCH3 is 1. The second-order valence-electron chi connectivity index (χ2n) is 6.84. The Morgan fingerprint density at radius 3 is 2.59 bits per heavy atom. The number of fused-ring (bicyclic) bond motifs is 1.